The predicted molar refractivity (Wildman–Crippen MR) is 66.0 cm³/mol. The van der Waals surface area contributed by atoms with Gasteiger partial charge in [0.15, 0.2) is 10.4 Å². The van der Waals surface area contributed by atoms with Crippen molar-refractivity contribution in [2.45, 2.75) is 0 Å². The van der Waals surface area contributed by atoms with Crippen LogP contribution in [0, 0.1) is 5.82 Å². The Balaban J connectivity index is 2.10. The van der Waals surface area contributed by atoms with E-state index >= 15 is 0 Å². The van der Waals surface area contributed by atoms with Crippen LogP contribution in [0.4, 0.5) is 4.39 Å². The van der Waals surface area contributed by atoms with Crippen molar-refractivity contribution in [3.8, 4) is 0 Å². The summed E-state index contributed by atoms with van der Waals surface area (Å²) in [6.45, 7) is 0. The number of fused-ring (bicyclic) bond motifs is 1. The molecule has 3 aromatic rings. The van der Waals surface area contributed by atoms with Crippen molar-refractivity contribution in [1.82, 2.24) is 0 Å². The standard InChI is InChI=1S/C13H6BrFO3/c14-13-9(3-4-17-13)12(16)11-6-7-5-8(15)1-2-10(7)18-11/h1-6H. The highest BCUT2D eigenvalue weighted by molar-refractivity contribution is 9.10. The lowest BCUT2D eigenvalue weighted by molar-refractivity contribution is 0.101. The van der Waals surface area contributed by atoms with E-state index in [-0.39, 0.29) is 17.4 Å². The lowest BCUT2D eigenvalue weighted by Crippen LogP contribution is -1.97. The molecule has 0 radical (unpaired) electrons. The first-order valence-electron chi connectivity index (χ1n) is 5.12. The minimum absolute atomic E-state index is 0.151. The van der Waals surface area contributed by atoms with Crippen molar-refractivity contribution in [2.24, 2.45) is 0 Å². The van der Waals surface area contributed by atoms with Crippen LogP contribution in [0.15, 0.2) is 50.1 Å². The van der Waals surface area contributed by atoms with E-state index in [0.717, 1.165) is 0 Å². The number of rotatable bonds is 2. The molecule has 0 saturated carbocycles. The molecule has 0 fully saturated rings. The summed E-state index contributed by atoms with van der Waals surface area (Å²) in [5.41, 5.74) is 0.842. The molecule has 0 aliphatic rings. The molecule has 2 aromatic heterocycles. The number of furan rings is 2. The summed E-state index contributed by atoms with van der Waals surface area (Å²) in [6, 6.07) is 7.15. The fraction of sp³-hybridized carbons (Fsp3) is 0. The third-order valence-electron chi connectivity index (χ3n) is 2.56. The summed E-state index contributed by atoms with van der Waals surface area (Å²) in [6.07, 6.45) is 1.40. The molecular formula is C13H6BrFO3. The van der Waals surface area contributed by atoms with Gasteiger partial charge in [-0.3, -0.25) is 4.79 Å². The van der Waals surface area contributed by atoms with Gasteiger partial charge in [0.1, 0.15) is 11.4 Å². The molecule has 0 spiro atoms. The van der Waals surface area contributed by atoms with Crippen molar-refractivity contribution < 1.29 is 18.0 Å². The van der Waals surface area contributed by atoms with Crippen LogP contribution >= 0.6 is 15.9 Å². The number of hydrogen-bond donors (Lipinski definition) is 0. The molecular weight excluding hydrogens is 303 g/mol. The number of ketones is 1. The second-order valence-electron chi connectivity index (χ2n) is 3.73. The van der Waals surface area contributed by atoms with Crippen LogP contribution in [0.2, 0.25) is 0 Å². The van der Waals surface area contributed by atoms with E-state index in [9.17, 15) is 9.18 Å². The fourth-order valence-electron chi connectivity index (χ4n) is 1.71. The van der Waals surface area contributed by atoms with Gasteiger partial charge in [-0.25, -0.2) is 4.39 Å². The maximum atomic E-state index is 13.0. The average molecular weight is 309 g/mol. The van der Waals surface area contributed by atoms with Crippen LogP contribution in [0.3, 0.4) is 0 Å². The maximum absolute atomic E-state index is 13.0. The Morgan fingerprint density at radius 2 is 2.06 bits per heavy atom. The Bertz CT molecular complexity index is 742. The van der Waals surface area contributed by atoms with Crippen LogP contribution in [0.5, 0.6) is 0 Å². The molecule has 0 aliphatic carbocycles. The van der Waals surface area contributed by atoms with E-state index in [0.29, 0.717) is 21.2 Å². The molecule has 0 N–H and O–H groups in total. The molecule has 0 aliphatic heterocycles. The van der Waals surface area contributed by atoms with Crippen LogP contribution < -0.4 is 0 Å². The van der Waals surface area contributed by atoms with Gasteiger partial charge in [0.05, 0.1) is 11.8 Å². The van der Waals surface area contributed by atoms with E-state index in [4.69, 9.17) is 8.83 Å². The molecule has 5 heteroatoms. The van der Waals surface area contributed by atoms with Gasteiger partial charge >= 0.3 is 0 Å². The fourth-order valence-corrected chi connectivity index (χ4v) is 2.13. The first-order chi connectivity index (χ1) is 8.65. The van der Waals surface area contributed by atoms with Crippen molar-refractivity contribution >= 4 is 32.7 Å². The second-order valence-corrected chi connectivity index (χ2v) is 4.45. The molecule has 2 heterocycles. The SMILES string of the molecule is O=C(c1cc2cc(F)ccc2o1)c1ccoc1Br. The molecule has 3 nitrogen and oxygen atoms in total. The van der Waals surface area contributed by atoms with Crippen molar-refractivity contribution in [3.63, 3.8) is 0 Å². The Kier molecular flexibility index (Phi) is 2.56. The third kappa shape index (κ3) is 1.76. The first-order valence-corrected chi connectivity index (χ1v) is 5.91. The molecule has 3 rings (SSSR count). The van der Waals surface area contributed by atoms with Gasteiger partial charge in [-0.1, -0.05) is 0 Å². The molecule has 18 heavy (non-hydrogen) atoms. The zero-order valence-corrected chi connectivity index (χ0v) is 10.5. The monoisotopic (exact) mass is 308 g/mol. The average Bonchev–Trinajstić information content (AvgIpc) is 2.93. The van der Waals surface area contributed by atoms with Crippen LogP contribution in [0.1, 0.15) is 16.1 Å². The van der Waals surface area contributed by atoms with Crippen molar-refractivity contribution in [1.29, 1.82) is 0 Å². The maximum Gasteiger partial charge on any atom is 0.232 e. The normalized spacial score (nSPS) is 11.0. The molecule has 1 aromatic carbocycles. The van der Waals surface area contributed by atoms with Gasteiger partial charge in [-0.2, -0.15) is 0 Å². The topological polar surface area (TPSA) is 43.4 Å². The van der Waals surface area contributed by atoms with Gasteiger partial charge in [-0.05, 0) is 46.3 Å². The number of hydrogen-bond acceptors (Lipinski definition) is 3. The quantitative estimate of drug-likeness (QED) is 0.668. The van der Waals surface area contributed by atoms with Gasteiger partial charge in [0, 0.05) is 5.39 Å². The summed E-state index contributed by atoms with van der Waals surface area (Å²) < 4.78 is 23.8. The van der Waals surface area contributed by atoms with E-state index in [1.54, 1.807) is 6.07 Å². The van der Waals surface area contributed by atoms with Gasteiger partial charge < -0.3 is 8.83 Å². The Labute approximate surface area is 109 Å². The lowest BCUT2D eigenvalue weighted by Gasteiger charge is -1.92. The van der Waals surface area contributed by atoms with Crippen molar-refractivity contribution in [3.05, 3.63) is 58.4 Å². The number of carbonyl (C=O) groups is 1. The summed E-state index contributed by atoms with van der Waals surface area (Å²) in [5, 5.41) is 0.554. The highest BCUT2D eigenvalue weighted by Gasteiger charge is 2.19. The van der Waals surface area contributed by atoms with E-state index < -0.39 is 0 Å². The zero-order chi connectivity index (χ0) is 12.7. The Morgan fingerprint density at radius 1 is 1.22 bits per heavy atom. The molecule has 0 bridgehead atoms. The molecule has 0 saturated heterocycles. The van der Waals surface area contributed by atoms with Gasteiger partial charge in [0.25, 0.3) is 0 Å². The summed E-state index contributed by atoms with van der Waals surface area (Å²) >= 11 is 3.13. The minimum Gasteiger partial charge on any atom is -0.457 e. The second kappa shape index (κ2) is 4.10. The Morgan fingerprint density at radius 3 is 2.78 bits per heavy atom. The van der Waals surface area contributed by atoms with Crippen LogP contribution in [-0.2, 0) is 0 Å². The minimum atomic E-state index is -0.369. The van der Waals surface area contributed by atoms with E-state index in [1.807, 2.05) is 0 Å². The predicted octanol–water partition coefficient (Wildman–Crippen LogP) is 4.16. The number of benzene rings is 1. The van der Waals surface area contributed by atoms with Crippen LogP contribution in [-0.4, -0.2) is 5.78 Å². The lowest BCUT2D eigenvalue weighted by atomic mass is 10.1. The number of halogens is 2. The van der Waals surface area contributed by atoms with Gasteiger partial charge in [0.2, 0.25) is 5.78 Å². The molecule has 0 unspecified atom stereocenters. The zero-order valence-electron chi connectivity index (χ0n) is 8.94. The smallest absolute Gasteiger partial charge is 0.232 e. The van der Waals surface area contributed by atoms with Crippen LogP contribution in [0.25, 0.3) is 11.0 Å². The largest absolute Gasteiger partial charge is 0.457 e. The summed E-state index contributed by atoms with van der Waals surface area (Å²) in [7, 11) is 0. The first kappa shape index (κ1) is 11.2. The summed E-state index contributed by atoms with van der Waals surface area (Å²) in [4.78, 5) is 12.1. The van der Waals surface area contributed by atoms with E-state index in [1.165, 1.54) is 30.5 Å². The number of carbonyl (C=O) groups excluding carboxylic acids is 1. The highest BCUT2D eigenvalue weighted by Crippen LogP contribution is 2.25. The Hall–Kier alpha value is -1.88. The highest BCUT2D eigenvalue weighted by atomic mass is 79.9. The molecule has 0 amide bonds. The van der Waals surface area contributed by atoms with Gasteiger partial charge in [-0.15, -0.1) is 0 Å². The third-order valence-corrected chi connectivity index (χ3v) is 3.18. The van der Waals surface area contributed by atoms with Crippen molar-refractivity contribution in [2.75, 3.05) is 0 Å². The van der Waals surface area contributed by atoms with E-state index in [2.05, 4.69) is 15.9 Å². The molecule has 0 atom stereocenters. The summed E-state index contributed by atoms with van der Waals surface area (Å²) in [5.74, 6) is -0.531. The molecule has 90 valence electrons.